The molecule has 0 spiro atoms. The predicted molar refractivity (Wildman–Crippen MR) is 53.7 cm³/mol. The summed E-state index contributed by atoms with van der Waals surface area (Å²) in [7, 11) is 1.39. The molecule has 2 unspecified atom stereocenters. The first-order valence-electron chi connectivity index (χ1n) is 4.81. The third kappa shape index (κ3) is 2.14. The van der Waals surface area contributed by atoms with Crippen molar-refractivity contribution in [2.75, 3.05) is 7.11 Å². The molecular formula is C10H13N3O2. The van der Waals surface area contributed by atoms with Crippen LogP contribution in [0, 0.1) is 0 Å². The van der Waals surface area contributed by atoms with Gasteiger partial charge in [0.25, 0.3) is 0 Å². The third-order valence-corrected chi connectivity index (χ3v) is 2.43. The number of hydrogen-bond acceptors (Lipinski definition) is 5. The Morgan fingerprint density at radius 3 is 3.07 bits per heavy atom. The van der Waals surface area contributed by atoms with Crippen LogP contribution in [-0.4, -0.2) is 24.1 Å². The number of methoxy groups -OCH3 is 1. The molecule has 15 heavy (non-hydrogen) atoms. The largest absolute Gasteiger partial charge is 0.468 e. The lowest BCUT2D eigenvalue weighted by molar-refractivity contribution is -0.142. The Bertz CT molecular complexity index is 342. The van der Waals surface area contributed by atoms with E-state index in [1.54, 1.807) is 6.20 Å². The van der Waals surface area contributed by atoms with E-state index in [9.17, 15) is 4.79 Å². The van der Waals surface area contributed by atoms with Crippen LogP contribution in [0.4, 0.5) is 0 Å². The molecule has 0 aromatic carbocycles. The number of rotatable bonds is 2. The van der Waals surface area contributed by atoms with Crippen molar-refractivity contribution in [2.45, 2.75) is 18.5 Å². The van der Waals surface area contributed by atoms with Gasteiger partial charge < -0.3 is 4.74 Å². The number of pyridine rings is 1. The number of ether oxygens (including phenoxy) is 1. The fraction of sp³-hybridized carbons (Fsp3) is 0.400. The third-order valence-electron chi connectivity index (χ3n) is 2.43. The van der Waals surface area contributed by atoms with E-state index in [0.717, 1.165) is 5.69 Å². The van der Waals surface area contributed by atoms with Crippen molar-refractivity contribution < 1.29 is 9.53 Å². The zero-order valence-electron chi connectivity index (χ0n) is 8.43. The van der Waals surface area contributed by atoms with Crippen LogP contribution in [0.1, 0.15) is 18.2 Å². The number of esters is 1. The molecule has 2 heterocycles. The van der Waals surface area contributed by atoms with Gasteiger partial charge in [-0.1, -0.05) is 6.07 Å². The van der Waals surface area contributed by atoms with Gasteiger partial charge in [0.1, 0.15) is 6.04 Å². The summed E-state index contributed by atoms with van der Waals surface area (Å²) in [6.45, 7) is 0. The van der Waals surface area contributed by atoms with Crippen LogP contribution < -0.4 is 10.9 Å². The molecule has 0 saturated carbocycles. The fourth-order valence-electron chi connectivity index (χ4n) is 1.63. The molecule has 5 nitrogen and oxygen atoms in total. The molecule has 1 aromatic heterocycles. The lowest BCUT2D eigenvalue weighted by Crippen LogP contribution is -2.36. The summed E-state index contributed by atoms with van der Waals surface area (Å²) in [6, 6.07) is 5.50. The Kier molecular flexibility index (Phi) is 2.94. The lowest BCUT2D eigenvalue weighted by atomic mass is 10.1. The Morgan fingerprint density at radius 1 is 1.53 bits per heavy atom. The molecule has 1 aliphatic heterocycles. The first-order chi connectivity index (χ1) is 7.31. The first-order valence-corrected chi connectivity index (χ1v) is 4.81. The van der Waals surface area contributed by atoms with Gasteiger partial charge in [0.15, 0.2) is 0 Å². The molecular weight excluding hydrogens is 194 g/mol. The highest BCUT2D eigenvalue weighted by atomic mass is 16.5. The summed E-state index contributed by atoms with van der Waals surface area (Å²) in [5, 5.41) is 0. The second-order valence-electron chi connectivity index (χ2n) is 3.41. The quantitative estimate of drug-likeness (QED) is 0.676. The van der Waals surface area contributed by atoms with Gasteiger partial charge in [-0.3, -0.25) is 9.78 Å². The Balaban J connectivity index is 2.02. The number of hydrogen-bond donors (Lipinski definition) is 2. The smallest absolute Gasteiger partial charge is 0.324 e. The summed E-state index contributed by atoms with van der Waals surface area (Å²) in [6.07, 6.45) is 2.40. The zero-order chi connectivity index (χ0) is 10.7. The monoisotopic (exact) mass is 207 g/mol. The average Bonchev–Trinajstić information content (AvgIpc) is 2.78. The van der Waals surface area contributed by atoms with Crippen molar-refractivity contribution in [1.82, 2.24) is 15.8 Å². The number of carbonyl (C=O) groups is 1. The van der Waals surface area contributed by atoms with Crippen LogP contribution in [0.5, 0.6) is 0 Å². The summed E-state index contributed by atoms with van der Waals surface area (Å²) in [4.78, 5) is 15.5. The van der Waals surface area contributed by atoms with Crippen LogP contribution in [0.25, 0.3) is 0 Å². The number of nitrogens with one attached hydrogen (secondary N) is 2. The van der Waals surface area contributed by atoms with Crippen molar-refractivity contribution in [3.05, 3.63) is 30.1 Å². The molecule has 0 radical (unpaired) electrons. The molecule has 5 heteroatoms. The predicted octanol–water partition coefficient (Wildman–Crippen LogP) is 0.162. The number of nitrogens with zero attached hydrogens (tertiary/aromatic N) is 1. The van der Waals surface area contributed by atoms with Gasteiger partial charge in [-0.15, -0.1) is 0 Å². The Hall–Kier alpha value is -1.46. The zero-order valence-corrected chi connectivity index (χ0v) is 8.43. The molecule has 1 fully saturated rings. The molecule has 2 atom stereocenters. The summed E-state index contributed by atoms with van der Waals surface area (Å²) >= 11 is 0. The van der Waals surface area contributed by atoms with E-state index in [4.69, 9.17) is 0 Å². The highest BCUT2D eigenvalue weighted by Gasteiger charge is 2.31. The normalized spacial score (nSPS) is 25.1. The molecule has 1 aromatic rings. The van der Waals surface area contributed by atoms with E-state index in [-0.39, 0.29) is 18.1 Å². The second-order valence-corrected chi connectivity index (χ2v) is 3.41. The van der Waals surface area contributed by atoms with Crippen LogP contribution >= 0.6 is 0 Å². The minimum absolute atomic E-state index is 0.0651. The summed E-state index contributed by atoms with van der Waals surface area (Å²) in [5.74, 6) is -0.249. The molecule has 1 saturated heterocycles. The maximum absolute atomic E-state index is 11.2. The number of carbonyl (C=O) groups excluding carboxylic acids is 1. The number of hydrazine groups is 1. The molecule has 0 aliphatic carbocycles. The molecule has 0 amide bonds. The van der Waals surface area contributed by atoms with E-state index in [0.29, 0.717) is 6.42 Å². The topological polar surface area (TPSA) is 63.2 Å². The standard InChI is InChI=1S/C10H13N3O2/c1-15-10(14)9-6-8(12-13-9)7-4-2-3-5-11-7/h2-5,8-9,12-13H,6H2,1H3. The van der Waals surface area contributed by atoms with Crippen molar-refractivity contribution in [3.8, 4) is 0 Å². The molecule has 80 valence electrons. The van der Waals surface area contributed by atoms with Gasteiger partial charge in [0, 0.05) is 6.20 Å². The van der Waals surface area contributed by atoms with Gasteiger partial charge in [-0.25, -0.2) is 10.9 Å². The SMILES string of the molecule is COC(=O)C1CC(c2ccccn2)NN1. The Morgan fingerprint density at radius 2 is 2.40 bits per heavy atom. The lowest BCUT2D eigenvalue weighted by Gasteiger charge is -2.07. The summed E-state index contributed by atoms with van der Waals surface area (Å²) < 4.78 is 4.66. The minimum Gasteiger partial charge on any atom is -0.468 e. The van der Waals surface area contributed by atoms with Crippen molar-refractivity contribution >= 4 is 5.97 Å². The van der Waals surface area contributed by atoms with Crippen LogP contribution in [0.15, 0.2) is 24.4 Å². The van der Waals surface area contributed by atoms with Gasteiger partial charge in [0.05, 0.1) is 18.8 Å². The Labute approximate surface area is 87.8 Å². The maximum Gasteiger partial charge on any atom is 0.324 e. The van der Waals surface area contributed by atoms with Gasteiger partial charge in [-0.05, 0) is 18.6 Å². The van der Waals surface area contributed by atoms with E-state index in [1.807, 2.05) is 18.2 Å². The van der Waals surface area contributed by atoms with Crippen LogP contribution in [-0.2, 0) is 9.53 Å². The second kappa shape index (κ2) is 4.37. The van der Waals surface area contributed by atoms with Gasteiger partial charge in [-0.2, -0.15) is 0 Å². The maximum atomic E-state index is 11.2. The van der Waals surface area contributed by atoms with Crippen molar-refractivity contribution in [1.29, 1.82) is 0 Å². The molecule has 2 N–H and O–H groups in total. The average molecular weight is 207 g/mol. The van der Waals surface area contributed by atoms with Crippen molar-refractivity contribution in [3.63, 3.8) is 0 Å². The highest BCUT2D eigenvalue weighted by molar-refractivity contribution is 5.76. The van der Waals surface area contributed by atoms with Crippen LogP contribution in [0.2, 0.25) is 0 Å². The first kappa shape index (κ1) is 10.1. The summed E-state index contributed by atoms with van der Waals surface area (Å²) in [5.41, 5.74) is 6.84. The van der Waals surface area contributed by atoms with E-state index in [2.05, 4.69) is 20.6 Å². The molecule has 1 aliphatic rings. The van der Waals surface area contributed by atoms with E-state index in [1.165, 1.54) is 7.11 Å². The van der Waals surface area contributed by atoms with E-state index < -0.39 is 0 Å². The highest BCUT2D eigenvalue weighted by Crippen LogP contribution is 2.20. The molecule has 2 rings (SSSR count). The molecule has 0 bridgehead atoms. The van der Waals surface area contributed by atoms with Gasteiger partial charge in [0.2, 0.25) is 0 Å². The fourth-order valence-corrected chi connectivity index (χ4v) is 1.63. The number of aromatic nitrogens is 1. The minimum atomic E-state index is -0.290. The van der Waals surface area contributed by atoms with Crippen LogP contribution in [0.3, 0.4) is 0 Å². The van der Waals surface area contributed by atoms with E-state index >= 15 is 0 Å². The van der Waals surface area contributed by atoms with Gasteiger partial charge >= 0.3 is 5.97 Å². The van der Waals surface area contributed by atoms with Crippen molar-refractivity contribution in [2.24, 2.45) is 0 Å².